The molecule has 8 heterocycles. The molecule has 5 N–H and O–H groups in total. The van der Waals surface area contributed by atoms with Gasteiger partial charge in [0.2, 0.25) is 5.91 Å². The van der Waals surface area contributed by atoms with Gasteiger partial charge in [-0.15, -0.1) is 0 Å². The number of likely N-dealkylation sites (tertiary alicyclic amines) is 2. The SMILES string of the molecule is C.C.CC(C)(C)OC(=O)N1CC[C@@H](n2c(C#N)c(-c3ccc(Oc4ccccc4)cc3)c3c(N)ncnc32)C1.CN(C/C=C/C(=O)N1CC[C@@H](n2c(C#N)c(-c3ccc(Oc4ccccc4)cc3)c3c(N)ncnc32)C1)[C@@H]1CCOC1.CN(C/C=C/C(=O)O)[C@@H]1CCOC1. The number of carboxylic acid groups (broad SMARTS) is 1. The number of aliphatic carboxylic acids is 1. The largest absolute Gasteiger partial charge is 0.478 e. The van der Waals surface area contributed by atoms with Crippen LogP contribution in [0.2, 0.25) is 0 Å². The lowest BCUT2D eigenvalue weighted by atomic mass is 10.0. The minimum atomic E-state index is -0.893. The van der Waals surface area contributed by atoms with Crippen LogP contribution in [0.1, 0.15) is 84.8 Å². The van der Waals surface area contributed by atoms with Crippen molar-refractivity contribution in [2.45, 2.75) is 91.1 Å². The molecule has 4 aliphatic rings. The maximum atomic E-state index is 13.1. The lowest BCUT2D eigenvalue weighted by Gasteiger charge is -2.24. The number of ether oxygens (including phenoxy) is 5. The number of nitrogen functional groups attached to an aromatic ring is 2. The van der Waals surface area contributed by atoms with Crippen LogP contribution in [0.3, 0.4) is 0 Å². The summed E-state index contributed by atoms with van der Waals surface area (Å²) in [6.45, 7) is 12.0. The molecule has 8 aromatic rings. The zero-order valence-electron chi connectivity index (χ0n) is 52.3. The van der Waals surface area contributed by atoms with Crippen molar-refractivity contribution in [3.63, 3.8) is 0 Å². The van der Waals surface area contributed by atoms with E-state index in [4.69, 9.17) is 40.3 Å². The summed E-state index contributed by atoms with van der Waals surface area (Å²) in [5, 5.41) is 30.3. The Morgan fingerprint density at radius 3 is 1.44 bits per heavy atom. The number of carbonyl (C=O) groups is 3. The fourth-order valence-corrected chi connectivity index (χ4v) is 11.8. The van der Waals surface area contributed by atoms with E-state index in [1.54, 1.807) is 17.1 Å². The summed E-state index contributed by atoms with van der Waals surface area (Å²) >= 11 is 0. The molecule has 0 unspecified atom stereocenters. The number of benzene rings is 4. The predicted octanol–water partition coefficient (Wildman–Crippen LogP) is 11.5. The molecule has 23 heteroatoms. The molecule has 4 aromatic carbocycles. The van der Waals surface area contributed by atoms with Crippen molar-refractivity contribution in [2.75, 3.05) is 91.3 Å². The number of anilines is 2. The van der Waals surface area contributed by atoms with Gasteiger partial charge in [-0.05, 0) is 120 Å². The Morgan fingerprint density at radius 1 is 0.617 bits per heavy atom. The van der Waals surface area contributed by atoms with E-state index in [1.807, 2.05) is 157 Å². The van der Waals surface area contributed by atoms with Gasteiger partial charge in [0.05, 0.1) is 36.1 Å². The predicted molar refractivity (Wildman–Crippen MR) is 362 cm³/mol. The smallest absolute Gasteiger partial charge is 0.410 e. The number of nitrogens with two attached hydrogens (primary N) is 2. The van der Waals surface area contributed by atoms with Crippen molar-refractivity contribution in [3.05, 3.63) is 158 Å². The first-order chi connectivity index (χ1) is 44.5. The fraction of sp³-hybridized carbons (Fsp3) is 0.366. The van der Waals surface area contributed by atoms with E-state index in [1.165, 1.54) is 18.7 Å². The first-order valence-corrected chi connectivity index (χ1v) is 30.6. The molecule has 0 radical (unpaired) electrons. The second-order valence-electron chi connectivity index (χ2n) is 23.9. The van der Waals surface area contributed by atoms with Gasteiger partial charge in [0.15, 0.2) is 0 Å². The summed E-state index contributed by atoms with van der Waals surface area (Å²) in [4.78, 5) is 61.2. The lowest BCUT2D eigenvalue weighted by molar-refractivity contribution is -0.131. The molecule has 0 spiro atoms. The molecule has 4 fully saturated rings. The van der Waals surface area contributed by atoms with Gasteiger partial charge in [-0.1, -0.05) is 87.7 Å². The van der Waals surface area contributed by atoms with Crippen LogP contribution in [-0.4, -0.2) is 169 Å². The second kappa shape index (κ2) is 31.9. The summed E-state index contributed by atoms with van der Waals surface area (Å²) in [5.41, 5.74) is 17.1. The standard InChI is InChI=1S/C32H33N7O3.C28H28N6O3.C9H15NO3.2CH4/c1-37(24-14-17-41-20-24)15-5-8-28(40)38-16-13-23(19-38)39-27(18-33)29(30-31(34)35-21-36-32(30)39)22-9-11-26(12-10-22)42-25-6-3-2-4-7-25;1-28(2,3)37-27(35)33-14-13-19(16-33)34-22(15-29)23(24-25(30)31-17-32-26(24)34)18-9-11-21(12-10-18)36-20-7-5-4-6-8-20;1-10(5-2-3-9(11)12)8-4-6-13-7-8;;/h2-12,21,23-24H,13-17,19-20H2,1H3,(H2,34,35,36);4-12,17,19H,13-14,16H2,1-3H3,(H2,30,31,32);2-3,8H,4-7H2,1H3,(H,11,12);2*1H4/b8-5+;;3-2+;;/t23-,24-;19-;8-;;/m111../s1. The molecule has 2 amide bonds. The van der Waals surface area contributed by atoms with Crippen molar-refractivity contribution in [1.29, 1.82) is 10.5 Å². The van der Waals surface area contributed by atoms with Gasteiger partial charge >= 0.3 is 12.1 Å². The molecule has 4 aromatic heterocycles. The summed E-state index contributed by atoms with van der Waals surface area (Å²) in [6, 6.07) is 39.4. The average molecular weight is 1280 g/mol. The van der Waals surface area contributed by atoms with Crippen LogP contribution < -0.4 is 20.9 Å². The van der Waals surface area contributed by atoms with Crippen molar-refractivity contribution < 1.29 is 43.2 Å². The zero-order valence-corrected chi connectivity index (χ0v) is 52.3. The minimum absolute atomic E-state index is 0. The van der Waals surface area contributed by atoms with Crippen molar-refractivity contribution in [1.82, 2.24) is 48.7 Å². The first-order valence-electron chi connectivity index (χ1n) is 30.6. The molecule has 94 heavy (non-hydrogen) atoms. The van der Waals surface area contributed by atoms with E-state index in [-0.39, 0.29) is 38.9 Å². The molecule has 23 nitrogen and oxygen atoms in total. The Hall–Kier alpha value is -10.2. The van der Waals surface area contributed by atoms with Crippen molar-refractivity contribution >= 4 is 51.7 Å². The van der Waals surface area contributed by atoms with E-state index in [0.717, 1.165) is 61.9 Å². The van der Waals surface area contributed by atoms with Crippen LogP contribution >= 0.6 is 0 Å². The number of amides is 2. The number of nitriles is 2. The van der Waals surface area contributed by atoms with Crippen LogP contribution in [0.4, 0.5) is 16.4 Å². The van der Waals surface area contributed by atoms with Gasteiger partial charge in [0.25, 0.3) is 0 Å². The van der Waals surface area contributed by atoms with Gasteiger partial charge in [-0.2, -0.15) is 10.5 Å². The van der Waals surface area contributed by atoms with E-state index >= 15 is 0 Å². The van der Waals surface area contributed by atoms with Gasteiger partial charge in [-0.3, -0.25) is 14.6 Å². The van der Waals surface area contributed by atoms with E-state index < -0.39 is 11.6 Å². The molecule has 12 rings (SSSR count). The van der Waals surface area contributed by atoms with E-state index in [9.17, 15) is 24.9 Å². The van der Waals surface area contributed by atoms with Gasteiger partial charge < -0.3 is 59.2 Å². The minimum Gasteiger partial charge on any atom is -0.478 e. The number of nitrogens with zero attached hydrogens (tertiary/aromatic N) is 12. The normalized spacial score (nSPS) is 17.7. The van der Waals surface area contributed by atoms with Crippen molar-refractivity contribution in [3.8, 4) is 57.4 Å². The van der Waals surface area contributed by atoms with Crippen LogP contribution in [0.25, 0.3) is 44.3 Å². The summed E-state index contributed by atoms with van der Waals surface area (Å²) in [7, 11) is 4.03. The van der Waals surface area contributed by atoms with Crippen molar-refractivity contribution in [2.24, 2.45) is 0 Å². The first kappa shape index (κ1) is 69.7. The number of aromatic nitrogens is 6. The number of likely N-dealkylation sites (N-methyl/N-ethyl adjacent to an activating group) is 2. The summed E-state index contributed by atoms with van der Waals surface area (Å²) in [6.07, 6.45) is 12.3. The number of hydrogen-bond acceptors (Lipinski definition) is 18. The Kier molecular flexibility index (Phi) is 23.7. The average Bonchev–Trinajstić information content (AvgIpc) is 1.59. The third-order valence-corrected chi connectivity index (χ3v) is 16.5. The van der Waals surface area contributed by atoms with E-state index in [2.05, 4.69) is 48.9 Å². The highest BCUT2D eigenvalue weighted by molar-refractivity contribution is 6.04. The molecule has 4 saturated heterocycles. The quantitative estimate of drug-likeness (QED) is 0.0757. The fourth-order valence-electron chi connectivity index (χ4n) is 11.8. The molecular formula is C71H84N14O9. The summed E-state index contributed by atoms with van der Waals surface area (Å²) in [5.74, 6) is 2.49. The lowest BCUT2D eigenvalue weighted by Crippen LogP contribution is -2.35. The second-order valence-corrected chi connectivity index (χ2v) is 23.9. The number of fused-ring (bicyclic) bond motifs is 2. The molecule has 492 valence electrons. The van der Waals surface area contributed by atoms with Crippen LogP contribution in [0.5, 0.6) is 23.0 Å². The van der Waals surface area contributed by atoms with Crippen LogP contribution in [0, 0.1) is 22.7 Å². The van der Waals surface area contributed by atoms with E-state index in [0.29, 0.717) is 132 Å². The Labute approximate surface area is 549 Å². The Morgan fingerprint density at radius 2 is 1.03 bits per heavy atom. The monoisotopic (exact) mass is 1280 g/mol. The highest BCUT2D eigenvalue weighted by Crippen LogP contribution is 2.43. The van der Waals surface area contributed by atoms with Gasteiger partial charge in [0, 0.05) is 87.8 Å². The van der Waals surface area contributed by atoms with Gasteiger partial charge in [-0.25, -0.2) is 29.5 Å². The molecule has 4 atom stereocenters. The number of carbonyl (C=O) groups excluding carboxylic acids is 2. The number of para-hydroxylation sites is 2. The molecular weight excluding hydrogens is 1190 g/mol. The van der Waals surface area contributed by atoms with Crippen LogP contribution in [0.15, 0.2) is 146 Å². The number of hydrogen-bond donors (Lipinski definition) is 3. The molecule has 0 bridgehead atoms. The molecule has 0 aliphatic carbocycles. The Balaban J connectivity index is 0.000000200. The third kappa shape index (κ3) is 16.7. The molecule has 4 aliphatic heterocycles. The number of rotatable bonds is 16. The molecule has 0 saturated carbocycles. The highest BCUT2D eigenvalue weighted by Gasteiger charge is 2.36. The maximum Gasteiger partial charge on any atom is 0.410 e. The maximum absolute atomic E-state index is 13.1. The van der Waals surface area contributed by atoms with Gasteiger partial charge in [0.1, 0.15) is 87.7 Å². The number of carboxylic acids is 1. The highest BCUT2D eigenvalue weighted by atomic mass is 16.6. The third-order valence-electron chi connectivity index (χ3n) is 16.5. The summed E-state index contributed by atoms with van der Waals surface area (Å²) < 4.78 is 31.9. The zero-order chi connectivity index (χ0) is 64.9. The van der Waals surface area contributed by atoms with Crippen LogP contribution in [-0.2, 0) is 23.8 Å². The Bertz CT molecular complexity index is 4010. The topological polar surface area (TPSA) is 292 Å².